The van der Waals surface area contributed by atoms with E-state index in [1.54, 1.807) is 0 Å². The number of carbonyl (C=O) groups is 2. The smallest absolute Gasteiger partial charge is 0.307 e. The van der Waals surface area contributed by atoms with Gasteiger partial charge in [-0.25, -0.2) is 0 Å². The number of carboxylic acids is 1. The summed E-state index contributed by atoms with van der Waals surface area (Å²) < 4.78 is 0. The second-order valence-electron chi connectivity index (χ2n) is 4.97. The molecule has 3 atom stereocenters. The third-order valence-corrected chi connectivity index (χ3v) is 3.79. The van der Waals surface area contributed by atoms with Crippen molar-refractivity contribution in [1.29, 1.82) is 0 Å². The van der Waals surface area contributed by atoms with E-state index in [2.05, 4.69) is 17.5 Å². The van der Waals surface area contributed by atoms with E-state index in [-0.39, 0.29) is 17.9 Å². The van der Waals surface area contributed by atoms with Crippen LogP contribution >= 0.6 is 0 Å². The maximum Gasteiger partial charge on any atom is 0.307 e. The molecule has 0 aliphatic heterocycles. The molecule has 1 amide bonds. The van der Waals surface area contributed by atoms with Gasteiger partial charge in [0.1, 0.15) is 0 Å². The van der Waals surface area contributed by atoms with Crippen molar-refractivity contribution in [3.8, 4) is 0 Å². The molecule has 0 saturated heterocycles. The molecule has 2 aliphatic carbocycles. The van der Waals surface area contributed by atoms with Crippen LogP contribution < -0.4 is 5.32 Å². The molecule has 1 saturated carbocycles. The highest BCUT2D eigenvalue weighted by Crippen LogP contribution is 2.32. The summed E-state index contributed by atoms with van der Waals surface area (Å²) in [6, 6.07) is 0.197. The van der Waals surface area contributed by atoms with Gasteiger partial charge >= 0.3 is 5.97 Å². The molecule has 94 valence electrons. The largest absolute Gasteiger partial charge is 0.481 e. The first kappa shape index (κ1) is 12.1. The van der Waals surface area contributed by atoms with Crippen LogP contribution in [0.4, 0.5) is 0 Å². The molecular weight excluding hydrogens is 218 g/mol. The number of carbonyl (C=O) groups excluding carboxylic acids is 1. The molecule has 0 aromatic carbocycles. The van der Waals surface area contributed by atoms with E-state index >= 15 is 0 Å². The third-order valence-electron chi connectivity index (χ3n) is 3.79. The molecule has 2 aliphatic rings. The zero-order chi connectivity index (χ0) is 12.3. The Morgan fingerprint density at radius 2 is 1.88 bits per heavy atom. The molecule has 2 N–H and O–H groups in total. The Kier molecular flexibility index (Phi) is 3.82. The molecule has 0 bridgehead atoms. The number of allylic oxidation sites excluding steroid dienone is 1. The van der Waals surface area contributed by atoms with Crippen LogP contribution in [0.25, 0.3) is 0 Å². The number of aliphatic carboxylic acids is 1. The highest BCUT2D eigenvalue weighted by Gasteiger charge is 2.38. The summed E-state index contributed by atoms with van der Waals surface area (Å²) in [6.07, 6.45) is 9.24. The summed E-state index contributed by atoms with van der Waals surface area (Å²) in [5, 5.41) is 12.0. The highest BCUT2D eigenvalue weighted by molar-refractivity contribution is 5.85. The second-order valence-corrected chi connectivity index (χ2v) is 4.97. The van der Waals surface area contributed by atoms with Crippen molar-refractivity contribution in [3.63, 3.8) is 0 Å². The predicted octanol–water partition coefficient (Wildman–Crippen LogP) is 1.71. The Morgan fingerprint density at radius 1 is 1.12 bits per heavy atom. The van der Waals surface area contributed by atoms with Gasteiger partial charge in [0.25, 0.3) is 0 Å². The van der Waals surface area contributed by atoms with Gasteiger partial charge in [-0.3, -0.25) is 9.59 Å². The minimum atomic E-state index is -0.828. The molecule has 0 spiro atoms. The topological polar surface area (TPSA) is 66.4 Å². The van der Waals surface area contributed by atoms with Crippen molar-refractivity contribution in [3.05, 3.63) is 12.2 Å². The fourth-order valence-corrected chi connectivity index (χ4v) is 2.80. The first-order valence-electron chi connectivity index (χ1n) is 6.36. The van der Waals surface area contributed by atoms with Gasteiger partial charge in [-0.2, -0.15) is 0 Å². The van der Waals surface area contributed by atoms with Gasteiger partial charge in [0, 0.05) is 6.04 Å². The minimum absolute atomic E-state index is 0.0600. The van der Waals surface area contributed by atoms with E-state index in [9.17, 15) is 9.59 Å². The number of hydrogen-bond donors (Lipinski definition) is 2. The molecule has 0 aromatic heterocycles. The standard InChI is InChI=1S/C13H19NO3/c15-12(14-9-5-2-1-3-6-9)10-7-4-8-11(10)13(16)17/h1-2,9-11H,3-8H2,(H,14,15)(H,16,17)/t9?,10-,11+/m1/s1. The van der Waals surface area contributed by atoms with E-state index in [0.29, 0.717) is 12.8 Å². The Morgan fingerprint density at radius 3 is 2.53 bits per heavy atom. The zero-order valence-corrected chi connectivity index (χ0v) is 9.89. The first-order valence-corrected chi connectivity index (χ1v) is 6.36. The van der Waals surface area contributed by atoms with Crippen molar-refractivity contribution in [2.45, 2.75) is 44.6 Å². The van der Waals surface area contributed by atoms with Crippen LogP contribution in [-0.4, -0.2) is 23.0 Å². The van der Waals surface area contributed by atoms with Gasteiger partial charge in [0.15, 0.2) is 0 Å². The lowest BCUT2D eigenvalue weighted by Gasteiger charge is -2.23. The van der Waals surface area contributed by atoms with Crippen molar-refractivity contribution >= 4 is 11.9 Å². The summed E-state index contributed by atoms with van der Waals surface area (Å²) in [5.41, 5.74) is 0. The van der Waals surface area contributed by atoms with Crippen LogP contribution in [0, 0.1) is 11.8 Å². The first-order chi connectivity index (χ1) is 8.18. The Hall–Kier alpha value is -1.32. The molecule has 0 heterocycles. The summed E-state index contributed by atoms with van der Waals surface area (Å²) in [4.78, 5) is 23.0. The van der Waals surface area contributed by atoms with Gasteiger partial charge in [0.05, 0.1) is 11.8 Å². The molecule has 1 unspecified atom stereocenters. The molecule has 1 fully saturated rings. The number of amides is 1. The van der Waals surface area contributed by atoms with Crippen molar-refractivity contribution in [2.75, 3.05) is 0 Å². The van der Waals surface area contributed by atoms with Gasteiger partial charge in [-0.15, -0.1) is 0 Å². The Balaban J connectivity index is 1.90. The lowest BCUT2D eigenvalue weighted by molar-refractivity contribution is -0.146. The van der Waals surface area contributed by atoms with Gasteiger partial charge in [-0.05, 0) is 32.1 Å². The lowest BCUT2D eigenvalue weighted by Crippen LogP contribution is -2.41. The van der Waals surface area contributed by atoms with E-state index in [1.807, 2.05) is 0 Å². The Labute approximate surface area is 101 Å². The van der Waals surface area contributed by atoms with Crippen LogP contribution in [0.5, 0.6) is 0 Å². The summed E-state index contributed by atoms with van der Waals surface area (Å²) >= 11 is 0. The number of hydrogen-bond acceptors (Lipinski definition) is 2. The second kappa shape index (κ2) is 5.34. The summed E-state index contributed by atoms with van der Waals surface area (Å²) in [6.45, 7) is 0. The molecular formula is C13H19NO3. The van der Waals surface area contributed by atoms with Gasteiger partial charge < -0.3 is 10.4 Å². The number of carboxylic acid groups (broad SMARTS) is 1. The third kappa shape index (κ3) is 2.87. The van der Waals surface area contributed by atoms with E-state index in [4.69, 9.17) is 5.11 Å². The Bertz CT molecular complexity index is 338. The van der Waals surface area contributed by atoms with Crippen molar-refractivity contribution in [2.24, 2.45) is 11.8 Å². The minimum Gasteiger partial charge on any atom is -0.481 e. The monoisotopic (exact) mass is 237 g/mol. The quantitative estimate of drug-likeness (QED) is 0.734. The summed E-state index contributed by atoms with van der Waals surface area (Å²) in [5.74, 6) is -1.69. The van der Waals surface area contributed by atoms with Crippen LogP contribution in [-0.2, 0) is 9.59 Å². The van der Waals surface area contributed by atoms with E-state index < -0.39 is 11.9 Å². The molecule has 4 nitrogen and oxygen atoms in total. The summed E-state index contributed by atoms with van der Waals surface area (Å²) in [7, 11) is 0. The molecule has 4 heteroatoms. The maximum atomic E-state index is 12.0. The average Bonchev–Trinajstić information content (AvgIpc) is 2.79. The highest BCUT2D eigenvalue weighted by atomic mass is 16.4. The predicted molar refractivity (Wildman–Crippen MR) is 63.4 cm³/mol. The van der Waals surface area contributed by atoms with Gasteiger partial charge in [-0.1, -0.05) is 18.6 Å². The normalized spacial score (nSPS) is 32.4. The van der Waals surface area contributed by atoms with E-state index in [0.717, 1.165) is 25.7 Å². The SMILES string of the molecule is O=C(O)[C@H]1CCC[C@H]1C(=O)NC1CC=CCC1. The van der Waals surface area contributed by atoms with Crippen molar-refractivity contribution in [1.82, 2.24) is 5.32 Å². The fraction of sp³-hybridized carbons (Fsp3) is 0.692. The fourth-order valence-electron chi connectivity index (χ4n) is 2.80. The van der Waals surface area contributed by atoms with E-state index in [1.165, 1.54) is 0 Å². The average molecular weight is 237 g/mol. The van der Waals surface area contributed by atoms with Crippen LogP contribution in [0.15, 0.2) is 12.2 Å². The molecule has 2 rings (SSSR count). The molecule has 0 aromatic rings. The van der Waals surface area contributed by atoms with Crippen LogP contribution in [0.2, 0.25) is 0 Å². The molecule has 17 heavy (non-hydrogen) atoms. The lowest BCUT2D eigenvalue weighted by atomic mass is 9.94. The zero-order valence-electron chi connectivity index (χ0n) is 9.89. The van der Waals surface area contributed by atoms with Gasteiger partial charge in [0.2, 0.25) is 5.91 Å². The van der Waals surface area contributed by atoms with Crippen LogP contribution in [0.1, 0.15) is 38.5 Å². The van der Waals surface area contributed by atoms with Crippen molar-refractivity contribution < 1.29 is 14.7 Å². The van der Waals surface area contributed by atoms with Crippen LogP contribution in [0.3, 0.4) is 0 Å². The number of nitrogens with one attached hydrogen (secondary N) is 1. The molecule has 0 radical (unpaired) electrons. The maximum absolute atomic E-state index is 12.0. The number of rotatable bonds is 3.